The van der Waals surface area contributed by atoms with Crippen LogP contribution < -0.4 is 4.72 Å². The Labute approximate surface area is 172 Å². The first kappa shape index (κ1) is 19.5. The first-order valence-electron chi connectivity index (χ1n) is 8.94. The highest BCUT2D eigenvalue weighted by atomic mass is 35.5. The lowest BCUT2D eigenvalue weighted by Gasteiger charge is -2.11. The summed E-state index contributed by atoms with van der Waals surface area (Å²) in [6, 6.07) is 6.23. The maximum Gasteiger partial charge on any atom is 0.311 e. The number of hydrogen-bond acceptors (Lipinski definition) is 6. The van der Waals surface area contributed by atoms with Crippen molar-refractivity contribution in [2.75, 3.05) is 17.8 Å². The number of benzene rings is 1. The van der Waals surface area contributed by atoms with Crippen molar-refractivity contribution in [1.82, 2.24) is 20.1 Å². The third-order valence-electron chi connectivity index (χ3n) is 4.63. The van der Waals surface area contributed by atoms with E-state index >= 15 is 0 Å². The summed E-state index contributed by atoms with van der Waals surface area (Å²) in [7, 11) is -3.85. The summed E-state index contributed by atoms with van der Waals surface area (Å²) in [5.41, 5.74) is 1.42. The van der Waals surface area contributed by atoms with Crippen molar-refractivity contribution in [2.45, 2.75) is 24.7 Å². The Morgan fingerprint density at radius 2 is 2.00 bits per heavy atom. The monoisotopic (exact) mass is 435 g/mol. The summed E-state index contributed by atoms with van der Waals surface area (Å²) in [5.74, 6) is -0.395. The van der Waals surface area contributed by atoms with Gasteiger partial charge in [0.2, 0.25) is 0 Å². The fourth-order valence-electron chi connectivity index (χ4n) is 3.07. The van der Waals surface area contributed by atoms with E-state index in [1.165, 1.54) is 12.3 Å². The summed E-state index contributed by atoms with van der Waals surface area (Å²) in [4.78, 5) is 16.8. The van der Waals surface area contributed by atoms with Crippen LogP contribution in [0.5, 0.6) is 0 Å². The Bertz CT molecular complexity index is 1160. The molecule has 0 saturated carbocycles. The molecule has 2 N–H and O–H groups in total. The van der Waals surface area contributed by atoms with Gasteiger partial charge in [0.15, 0.2) is 0 Å². The highest BCUT2D eigenvalue weighted by Crippen LogP contribution is 2.25. The molecule has 1 saturated heterocycles. The molecule has 1 aromatic carbocycles. The van der Waals surface area contributed by atoms with Gasteiger partial charge in [0, 0.05) is 24.3 Å². The number of rotatable bonds is 5. The lowest BCUT2D eigenvalue weighted by atomic mass is 10.2. The van der Waals surface area contributed by atoms with Crippen molar-refractivity contribution in [3.63, 3.8) is 0 Å². The first-order valence-corrected chi connectivity index (χ1v) is 10.8. The SMILES string of the molecule is Cc1cc(Cl)ccc1NS(=O)(=O)c1c[nH]c(-c2nnc(C(=O)N3CCCC3)o2)c1. The predicted octanol–water partition coefficient (Wildman–Crippen LogP) is 3.06. The topological polar surface area (TPSA) is 121 Å². The number of hydrogen-bond donors (Lipinski definition) is 2. The summed E-state index contributed by atoms with van der Waals surface area (Å²) >= 11 is 5.91. The van der Waals surface area contributed by atoms with Crippen LogP contribution in [0.4, 0.5) is 5.69 Å². The molecule has 1 fully saturated rings. The highest BCUT2D eigenvalue weighted by Gasteiger charge is 2.26. The van der Waals surface area contributed by atoms with Crippen LogP contribution in [0, 0.1) is 6.92 Å². The van der Waals surface area contributed by atoms with Crippen molar-refractivity contribution in [3.8, 4) is 11.6 Å². The number of H-pyrrole nitrogens is 1. The van der Waals surface area contributed by atoms with E-state index in [0.717, 1.165) is 12.8 Å². The van der Waals surface area contributed by atoms with Crippen molar-refractivity contribution >= 4 is 33.2 Å². The molecule has 0 bridgehead atoms. The highest BCUT2D eigenvalue weighted by molar-refractivity contribution is 7.92. The number of carbonyl (C=O) groups excluding carboxylic acids is 1. The van der Waals surface area contributed by atoms with Gasteiger partial charge < -0.3 is 14.3 Å². The van der Waals surface area contributed by atoms with Gasteiger partial charge in [0.25, 0.3) is 15.9 Å². The molecule has 2 aromatic heterocycles. The van der Waals surface area contributed by atoms with Gasteiger partial charge in [-0.1, -0.05) is 11.6 Å². The Kier molecular flexibility index (Phi) is 5.05. The Hall–Kier alpha value is -2.85. The number of likely N-dealkylation sites (tertiary alicyclic amines) is 1. The first-order chi connectivity index (χ1) is 13.8. The number of carbonyl (C=O) groups is 1. The smallest absolute Gasteiger partial charge is 0.311 e. The molecule has 0 aliphatic carbocycles. The van der Waals surface area contributed by atoms with Gasteiger partial charge >= 0.3 is 11.8 Å². The van der Waals surface area contributed by atoms with E-state index in [2.05, 4.69) is 19.9 Å². The quantitative estimate of drug-likeness (QED) is 0.635. The summed E-state index contributed by atoms with van der Waals surface area (Å²) in [6.07, 6.45) is 3.21. The molecule has 0 unspecified atom stereocenters. The van der Waals surface area contributed by atoms with Crippen molar-refractivity contribution in [2.24, 2.45) is 0 Å². The number of aryl methyl sites for hydroxylation is 1. The number of halogens is 1. The van der Waals surface area contributed by atoms with Crippen LogP contribution in [0.1, 0.15) is 29.1 Å². The molecule has 4 rings (SSSR count). The third kappa shape index (κ3) is 3.99. The van der Waals surface area contributed by atoms with Gasteiger partial charge in [-0.05, 0) is 49.6 Å². The molecule has 11 heteroatoms. The lowest BCUT2D eigenvalue weighted by Crippen LogP contribution is -2.27. The molecular weight excluding hydrogens is 418 g/mol. The number of aromatic nitrogens is 3. The standard InChI is InChI=1S/C18H18ClN5O4S/c1-11-8-12(19)4-5-14(11)23-29(26,27)13-9-15(20-10-13)16-21-22-17(28-16)18(25)24-6-2-3-7-24/h4-5,8-10,20,23H,2-3,6-7H2,1H3. The minimum absolute atomic E-state index is 0.00697. The molecule has 1 amide bonds. The average Bonchev–Trinajstić information content (AvgIpc) is 3.44. The van der Waals surface area contributed by atoms with Crippen molar-refractivity contribution < 1.29 is 17.6 Å². The van der Waals surface area contributed by atoms with E-state index in [1.807, 2.05) is 0 Å². The second-order valence-electron chi connectivity index (χ2n) is 6.73. The van der Waals surface area contributed by atoms with Crippen LogP contribution in [0.2, 0.25) is 5.02 Å². The fourth-order valence-corrected chi connectivity index (χ4v) is 4.42. The Balaban J connectivity index is 1.54. The molecule has 1 aliphatic heterocycles. The molecule has 0 radical (unpaired) electrons. The second kappa shape index (κ2) is 7.53. The minimum atomic E-state index is -3.85. The van der Waals surface area contributed by atoms with E-state index in [1.54, 1.807) is 30.0 Å². The Morgan fingerprint density at radius 1 is 1.24 bits per heavy atom. The average molecular weight is 436 g/mol. The zero-order valence-corrected chi connectivity index (χ0v) is 17.0. The number of sulfonamides is 1. The van der Waals surface area contributed by atoms with E-state index < -0.39 is 10.0 Å². The van der Waals surface area contributed by atoms with E-state index in [9.17, 15) is 13.2 Å². The van der Waals surface area contributed by atoms with Crippen LogP contribution >= 0.6 is 11.6 Å². The number of amides is 1. The number of nitrogens with one attached hydrogen (secondary N) is 2. The number of anilines is 1. The van der Waals surface area contributed by atoms with Gasteiger partial charge in [-0.25, -0.2) is 8.42 Å². The van der Waals surface area contributed by atoms with E-state index in [0.29, 0.717) is 35.1 Å². The summed E-state index contributed by atoms with van der Waals surface area (Å²) < 4.78 is 33.3. The largest absolute Gasteiger partial charge is 0.411 e. The zero-order chi connectivity index (χ0) is 20.6. The second-order valence-corrected chi connectivity index (χ2v) is 8.84. The molecule has 152 valence electrons. The van der Waals surface area contributed by atoms with Crippen LogP contribution in [0.15, 0.2) is 39.8 Å². The summed E-state index contributed by atoms with van der Waals surface area (Å²) in [5, 5.41) is 8.17. The van der Waals surface area contributed by atoms with Gasteiger partial charge in [-0.2, -0.15) is 0 Å². The molecule has 9 nitrogen and oxygen atoms in total. The van der Waals surface area contributed by atoms with E-state index in [-0.39, 0.29) is 22.6 Å². The van der Waals surface area contributed by atoms with Gasteiger partial charge in [0.1, 0.15) is 10.6 Å². The number of nitrogens with zero attached hydrogens (tertiary/aromatic N) is 3. The predicted molar refractivity (Wildman–Crippen MR) is 106 cm³/mol. The maximum atomic E-state index is 12.7. The molecule has 3 heterocycles. The van der Waals surface area contributed by atoms with Crippen LogP contribution in [-0.2, 0) is 10.0 Å². The van der Waals surface area contributed by atoms with E-state index in [4.69, 9.17) is 16.0 Å². The van der Waals surface area contributed by atoms with Crippen molar-refractivity contribution in [1.29, 1.82) is 0 Å². The molecule has 3 aromatic rings. The van der Waals surface area contributed by atoms with Crippen LogP contribution in [0.25, 0.3) is 11.6 Å². The van der Waals surface area contributed by atoms with Crippen LogP contribution in [-0.4, -0.2) is 47.5 Å². The van der Waals surface area contributed by atoms with Gasteiger partial charge in [-0.3, -0.25) is 9.52 Å². The molecular formula is C18H18ClN5O4S. The normalized spacial score (nSPS) is 14.3. The zero-order valence-electron chi connectivity index (χ0n) is 15.5. The lowest BCUT2D eigenvalue weighted by molar-refractivity contribution is 0.0754. The molecule has 29 heavy (non-hydrogen) atoms. The molecule has 0 atom stereocenters. The Morgan fingerprint density at radius 3 is 2.72 bits per heavy atom. The van der Waals surface area contributed by atoms with Gasteiger partial charge in [-0.15, -0.1) is 10.2 Å². The van der Waals surface area contributed by atoms with Gasteiger partial charge in [0.05, 0.1) is 5.69 Å². The summed E-state index contributed by atoms with van der Waals surface area (Å²) in [6.45, 7) is 3.08. The molecule has 0 spiro atoms. The fraction of sp³-hybridized carbons (Fsp3) is 0.278. The maximum absolute atomic E-state index is 12.7. The number of aromatic amines is 1. The van der Waals surface area contributed by atoms with Crippen molar-refractivity contribution in [3.05, 3.63) is 46.9 Å². The molecule has 1 aliphatic rings. The van der Waals surface area contributed by atoms with Crippen LogP contribution in [0.3, 0.4) is 0 Å². The third-order valence-corrected chi connectivity index (χ3v) is 6.21. The minimum Gasteiger partial charge on any atom is -0.411 e.